The van der Waals surface area contributed by atoms with Crippen molar-refractivity contribution in [1.29, 1.82) is 0 Å². The highest BCUT2D eigenvalue weighted by Crippen LogP contribution is 2.38. The van der Waals surface area contributed by atoms with Crippen LogP contribution in [0.5, 0.6) is 11.5 Å². The monoisotopic (exact) mass is 456 g/mol. The highest BCUT2D eigenvalue weighted by atomic mass is 32.2. The highest BCUT2D eigenvalue weighted by molar-refractivity contribution is 7.92. The van der Waals surface area contributed by atoms with Gasteiger partial charge in [0, 0.05) is 18.2 Å². The summed E-state index contributed by atoms with van der Waals surface area (Å²) in [5.41, 5.74) is 1.97. The Kier molecular flexibility index (Phi) is 6.69. The van der Waals surface area contributed by atoms with E-state index >= 15 is 0 Å². The van der Waals surface area contributed by atoms with Gasteiger partial charge in [-0.25, -0.2) is 8.42 Å². The molecule has 9 heteroatoms. The lowest BCUT2D eigenvalue weighted by Crippen LogP contribution is -2.33. The normalized spacial score (nSPS) is 12.1. The van der Waals surface area contributed by atoms with Crippen LogP contribution in [0.15, 0.2) is 71.6 Å². The molecule has 0 N–H and O–H groups in total. The second kappa shape index (κ2) is 9.27. The molecule has 0 aromatic heterocycles. The predicted molar refractivity (Wildman–Crippen MR) is 122 cm³/mol. The lowest BCUT2D eigenvalue weighted by molar-refractivity contribution is -0.384. The minimum atomic E-state index is -4.09. The SMILES string of the molecule is COc1ccc(N(C(C)c2cccc(C)c2)S(=O)(=O)c2ccc([N+](=O)[O-])cc2)cc1OC. The summed E-state index contributed by atoms with van der Waals surface area (Å²) >= 11 is 0. The van der Waals surface area contributed by atoms with Crippen LogP contribution in [0.25, 0.3) is 0 Å². The molecule has 0 amide bonds. The third-order valence-electron chi connectivity index (χ3n) is 5.10. The maximum absolute atomic E-state index is 13.8. The van der Waals surface area contributed by atoms with E-state index in [1.165, 1.54) is 42.8 Å². The first kappa shape index (κ1) is 23.1. The molecule has 3 aromatic carbocycles. The molecule has 8 nitrogen and oxygen atoms in total. The fourth-order valence-electron chi connectivity index (χ4n) is 3.45. The van der Waals surface area contributed by atoms with Crippen molar-refractivity contribution in [3.63, 3.8) is 0 Å². The number of sulfonamides is 1. The predicted octanol–water partition coefficient (Wildman–Crippen LogP) is 4.88. The number of benzene rings is 3. The lowest BCUT2D eigenvalue weighted by Gasteiger charge is -2.31. The summed E-state index contributed by atoms with van der Waals surface area (Å²) in [4.78, 5) is 10.4. The number of nitrogens with zero attached hydrogens (tertiary/aromatic N) is 2. The molecule has 0 heterocycles. The van der Waals surface area contributed by atoms with E-state index < -0.39 is 21.0 Å². The molecule has 0 bridgehead atoms. The van der Waals surface area contributed by atoms with E-state index in [0.29, 0.717) is 17.2 Å². The van der Waals surface area contributed by atoms with Gasteiger partial charge in [-0.15, -0.1) is 0 Å². The number of nitro benzene ring substituents is 1. The molecule has 0 aliphatic carbocycles. The van der Waals surface area contributed by atoms with E-state index in [-0.39, 0.29) is 10.6 Å². The summed E-state index contributed by atoms with van der Waals surface area (Å²) in [5, 5.41) is 11.0. The third kappa shape index (κ3) is 4.52. The Balaban J connectivity index is 2.18. The number of hydrogen-bond donors (Lipinski definition) is 0. The zero-order valence-electron chi connectivity index (χ0n) is 18.2. The van der Waals surface area contributed by atoms with Crippen molar-refractivity contribution in [2.24, 2.45) is 0 Å². The summed E-state index contributed by atoms with van der Waals surface area (Å²) in [6.07, 6.45) is 0. The van der Waals surface area contributed by atoms with Crippen LogP contribution in [0, 0.1) is 17.0 Å². The average molecular weight is 457 g/mol. The van der Waals surface area contributed by atoms with E-state index in [4.69, 9.17) is 9.47 Å². The van der Waals surface area contributed by atoms with E-state index in [0.717, 1.165) is 11.1 Å². The van der Waals surface area contributed by atoms with Crippen LogP contribution in [-0.4, -0.2) is 27.6 Å². The van der Waals surface area contributed by atoms with E-state index in [1.54, 1.807) is 25.1 Å². The zero-order chi connectivity index (χ0) is 23.5. The minimum Gasteiger partial charge on any atom is -0.493 e. The van der Waals surface area contributed by atoms with Gasteiger partial charge in [-0.3, -0.25) is 14.4 Å². The van der Waals surface area contributed by atoms with Gasteiger partial charge in [0.25, 0.3) is 15.7 Å². The largest absolute Gasteiger partial charge is 0.493 e. The first-order valence-electron chi connectivity index (χ1n) is 9.76. The lowest BCUT2D eigenvalue weighted by atomic mass is 10.1. The van der Waals surface area contributed by atoms with Crippen LogP contribution in [0.2, 0.25) is 0 Å². The first-order valence-corrected chi connectivity index (χ1v) is 11.2. The second-order valence-corrected chi connectivity index (χ2v) is 9.00. The highest BCUT2D eigenvalue weighted by Gasteiger charge is 2.31. The van der Waals surface area contributed by atoms with Crippen LogP contribution >= 0.6 is 0 Å². The van der Waals surface area contributed by atoms with Gasteiger partial charge >= 0.3 is 0 Å². The number of hydrogen-bond acceptors (Lipinski definition) is 6. The molecule has 0 aliphatic heterocycles. The topological polar surface area (TPSA) is 99.0 Å². The van der Waals surface area contributed by atoms with E-state index in [9.17, 15) is 18.5 Å². The number of methoxy groups -OCH3 is 2. The molecule has 0 saturated carbocycles. The number of anilines is 1. The summed E-state index contributed by atoms with van der Waals surface area (Å²) in [5.74, 6) is 0.845. The Morgan fingerprint density at radius 1 is 0.938 bits per heavy atom. The standard InChI is InChI=1S/C23H24N2O6S/c1-16-6-5-7-18(14-16)17(2)24(20-10-13-22(30-3)23(15-20)31-4)32(28,29)21-11-8-19(9-12-21)25(26)27/h5-15,17H,1-4H3. The fraction of sp³-hybridized carbons (Fsp3) is 0.217. The zero-order valence-corrected chi connectivity index (χ0v) is 19.0. The molecule has 0 spiro atoms. The molecule has 1 atom stereocenters. The Morgan fingerprint density at radius 2 is 1.59 bits per heavy atom. The smallest absolute Gasteiger partial charge is 0.269 e. The molecule has 1 unspecified atom stereocenters. The Morgan fingerprint density at radius 3 is 2.16 bits per heavy atom. The van der Waals surface area contributed by atoms with Crippen LogP contribution in [-0.2, 0) is 10.0 Å². The maximum atomic E-state index is 13.8. The Hall–Kier alpha value is -3.59. The van der Waals surface area contributed by atoms with E-state index in [2.05, 4.69) is 0 Å². The number of aryl methyl sites for hydroxylation is 1. The van der Waals surface area contributed by atoms with Gasteiger partial charge in [0.1, 0.15) is 0 Å². The van der Waals surface area contributed by atoms with Crippen molar-refractivity contribution >= 4 is 21.4 Å². The Labute approximate surface area is 187 Å². The molecule has 0 fully saturated rings. The number of ether oxygens (including phenoxy) is 2. The Bertz CT molecular complexity index is 1230. The van der Waals surface area contributed by atoms with Gasteiger partial charge < -0.3 is 9.47 Å². The first-order chi connectivity index (χ1) is 15.2. The average Bonchev–Trinajstić information content (AvgIpc) is 2.78. The molecular formula is C23H24N2O6S. The van der Waals surface area contributed by atoms with Crippen molar-refractivity contribution in [2.45, 2.75) is 24.8 Å². The number of rotatable bonds is 8. The van der Waals surface area contributed by atoms with Crippen molar-refractivity contribution in [2.75, 3.05) is 18.5 Å². The number of nitro groups is 1. The third-order valence-corrected chi connectivity index (χ3v) is 7.02. The van der Waals surface area contributed by atoms with Gasteiger partial charge in [0.2, 0.25) is 0 Å². The summed E-state index contributed by atoms with van der Waals surface area (Å²) < 4.78 is 39.4. The maximum Gasteiger partial charge on any atom is 0.269 e. The van der Waals surface area contributed by atoms with Crippen molar-refractivity contribution in [3.8, 4) is 11.5 Å². The minimum absolute atomic E-state index is 0.0580. The molecular weight excluding hydrogens is 432 g/mol. The molecule has 0 saturated heterocycles. The van der Waals surface area contributed by atoms with Gasteiger partial charge in [0.15, 0.2) is 11.5 Å². The fourth-order valence-corrected chi connectivity index (χ4v) is 5.09. The van der Waals surface area contributed by atoms with Gasteiger partial charge in [0.05, 0.1) is 35.8 Å². The van der Waals surface area contributed by atoms with Crippen molar-refractivity contribution in [3.05, 3.63) is 88.0 Å². The molecule has 0 radical (unpaired) electrons. The van der Waals surface area contributed by atoms with Crippen molar-refractivity contribution in [1.82, 2.24) is 0 Å². The molecule has 168 valence electrons. The molecule has 3 aromatic rings. The van der Waals surface area contributed by atoms with Crippen LogP contribution in [0.1, 0.15) is 24.1 Å². The molecule has 0 aliphatic rings. The molecule has 32 heavy (non-hydrogen) atoms. The van der Waals surface area contributed by atoms with Crippen LogP contribution in [0.3, 0.4) is 0 Å². The summed E-state index contributed by atoms with van der Waals surface area (Å²) in [7, 11) is -1.12. The van der Waals surface area contributed by atoms with Gasteiger partial charge in [-0.05, 0) is 43.7 Å². The summed E-state index contributed by atoms with van der Waals surface area (Å²) in [6.45, 7) is 3.72. The van der Waals surface area contributed by atoms with Crippen molar-refractivity contribution < 1.29 is 22.8 Å². The molecule has 3 rings (SSSR count). The van der Waals surface area contributed by atoms with Gasteiger partial charge in [-0.1, -0.05) is 29.8 Å². The van der Waals surface area contributed by atoms with E-state index in [1.807, 2.05) is 31.2 Å². The number of non-ortho nitro benzene ring substituents is 1. The van der Waals surface area contributed by atoms with Crippen LogP contribution < -0.4 is 13.8 Å². The van der Waals surface area contributed by atoms with Gasteiger partial charge in [-0.2, -0.15) is 0 Å². The quantitative estimate of drug-likeness (QED) is 0.354. The summed E-state index contributed by atoms with van der Waals surface area (Å²) in [6, 6.07) is 16.7. The second-order valence-electron chi connectivity index (χ2n) is 7.18. The van der Waals surface area contributed by atoms with Crippen LogP contribution in [0.4, 0.5) is 11.4 Å².